The van der Waals surface area contributed by atoms with Crippen molar-refractivity contribution >= 4 is 41.3 Å². The Balaban J connectivity index is 0.00000364. The van der Waals surface area contributed by atoms with Crippen LogP contribution in [-0.4, -0.2) is 60.5 Å². The number of primary amides is 1. The predicted octanol–water partition coefficient (Wildman–Crippen LogP) is 2.70. The largest absolute Gasteiger partial charge is 0.514 e. The molecule has 1 atom stereocenters. The van der Waals surface area contributed by atoms with E-state index in [1.807, 2.05) is 13.8 Å². The number of nitrogens with zero attached hydrogens (tertiary/aromatic N) is 1. The Morgan fingerprint density at radius 2 is 1.53 bits per heavy atom. The van der Waals surface area contributed by atoms with Gasteiger partial charge in [0.1, 0.15) is 18.4 Å². The summed E-state index contributed by atoms with van der Waals surface area (Å²) < 4.78 is 9.99. The van der Waals surface area contributed by atoms with E-state index in [2.05, 4.69) is 35.1 Å². The molecule has 2 rings (SSSR count). The number of carbonyl (C=O) groups is 5. The molecule has 16 nitrogen and oxygen atoms in total. The molecule has 0 heterocycles. The molecule has 8 N–H and O–H groups in total. The van der Waals surface area contributed by atoms with Crippen molar-refractivity contribution in [2.45, 2.75) is 59.6 Å². The number of carbonyl (C=O) groups excluding carboxylic acids is 5. The number of nitrogens with two attached hydrogens (primary N) is 2. The molecule has 0 aliphatic carbocycles. The SMILES string of the molecule is CC.CCC.NCC(=O)NCC(=O)N[C@@H](CCCNC(N)=O)C(=O)Nc1ccc(COC(=O)Oc2ccc([N+](=O)[O-])cc2)cc1. The first kappa shape index (κ1) is 39.8. The fourth-order valence-corrected chi connectivity index (χ4v) is 3.10. The third kappa shape index (κ3) is 18.1. The molecule has 0 aliphatic heterocycles. The van der Waals surface area contributed by atoms with Gasteiger partial charge in [0.15, 0.2) is 0 Å². The van der Waals surface area contributed by atoms with Crippen LogP contribution >= 0.6 is 0 Å². The van der Waals surface area contributed by atoms with E-state index in [1.165, 1.54) is 30.7 Å². The monoisotopic (exact) mass is 633 g/mol. The Morgan fingerprint density at radius 1 is 0.933 bits per heavy atom. The molecular formula is C29H43N7O9. The number of anilines is 1. The molecule has 5 amide bonds. The summed E-state index contributed by atoms with van der Waals surface area (Å²) in [6.45, 7) is 7.61. The number of benzene rings is 2. The second kappa shape index (κ2) is 23.2. The normalized spacial score (nSPS) is 10.2. The molecule has 0 aliphatic rings. The number of urea groups is 1. The summed E-state index contributed by atoms with van der Waals surface area (Å²) in [5.74, 6) is -1.63. The van der Waals surface area contributed by atoms with Crippen LogP contribution < -0.4 is 37.5 Å². The van der Waals surface area contributed by atoms with Crippen LogP contribution in [0.1, 0.15) is 52.5 Å². The summed E-state index contributed by atoms with van der Waals surface area (Å²) in [4.78, 5) is 69.1. The van der Waals surface area contributed by atoms with Gasteiger partial charge < -0.3 is 42.2 Å². The van der Waals surface area contributed by atoms with Crippen molar-refractivity contribution in [3.8, 4) is 5.75 Å². The van der Waals surface area contributed by atoms with Crippen LogP contribution in [0.25, 0.3) is 0 Å². The van der Waals surface area contributed by atoms with E-state index in [4.69, 9.17) is 20.9 Å². The number of amides is 5. The van der Waals surface area contributed by atoms with Gasteiger partial charge in [-0.3, -0.25) is 24.5 Å². The average Bonchev–Trinajstić information content (AvgIpc) is 3.02. The summed E-state index contributed by atoms with van der Waals surface area (Å²) in [6, 6.07) is 9.44. The van der Waals surface area contributed by atoms with E-state index in [-0.39, 0.29) is 44.1 Å². The first-order chi connectivity index (χ1) is 21.5. The highest BCUT2D eigenvalue weighted by Gasteiger charge is 2.21. The molecule has 2 aromatic carbocycles. The van der Waals surface area contributed by atoms with Crippen molar-refractivity contribution < 1.29 is 38.4 Å². The van der Waals surface area contributed by atoms with Crippen LogP contribution in [0.15, 0.2) is 48.5 Å². The Labute approximate surface area is 261 Å². The number of ether oxygens (including phenoxy) is 2. The Kier molecular flexibility index (Phi) is 20.5. The number of nitro groups is 1. The number of hydrogen-bond acceptors (Lipinski definition) is 10. The molecule has 248 valence electrons. The third-order valence-corrected chi connectivity index (χ3v) is 5.08. The summed E-state index contributed by atoms with van der Waals surface area (Å²) in [6.07, 6.45) is 0.715. The van der Waals surface area contributed by atoms with Crippen LogP contribution in [0.4, 0.5) is 21.0 Å². The lowest BCUT2D eigenvalue weighted by molar-refractivity contribution is -0.384. The molecule has 0 aromatic heterocycles. The molecule has 0 fully saturated rings. The summed E-state index contributed by atoms with van der Waals surface area (Å²) in [7, 11) is 0. The van der Waals surface area contributed by atoms with E-state index in [0.29, 0.717) is 17.7 Å². The lowest BCUT2D eigenvalue weighted by Gasteiger charge is -2.19. The van der Waals surface area contributed by atoms with E-state index in [1.54, 1.807) is 24.3 Å². The number of non-ortho nitro benzene ring substituents is 1. The quantitative estimate of drug-likeness (QED) is 0.0583. The summed E-state index contributed by atoms with van der Waals surface area (Å²) in [5.41, 5.74) is 11.0. The standard InChI is InChI=1S/C24H29N7O9.C3H8.C2H6/c25-12-20(32)28-13-21(33)30-19(2-1-11-27-23(26)35)22(34)29-16-5-3-15(4-6-16)14-39-24(36)40-18-9-7-17(8-10-18)31(37)38;1-3-2;1-2/h3-10,19H,1-2,11-14,25H2,(H,28,32)(H,29,34)(H,30,33)(H3,26,27,35);3H2,1-2H3;1-2H3/t19-;;/m0../s1. The minimum Gasteiger partial charge on any atom is -0.429 e. The molecule has 0 radical (unpaired) electrons. The van der Waals surface area contributed by atoms with Crippen LogP contribution in [0.2, 0.25) is 0 Å². The van der Waals surface area contributed by atoms with Gasteiger partial charge in [0.2, 0.25) is 17.7 Å². The second-order valence-electron chi connectivity index (χ2n) is 8.82. The third-order valence-electron chi connectivity index (χ3n) is 5.08. The lowest BCUT2D eigenvalue weighted by atomic mass is 10.1. The zero-order valence-electron chi connectivity index (χ0n) is 25.9. The van der Waals surface area contributed by atoms with Gasteiger partial charge in [-0.05, 0) is 42.7 Å². The predicted molar refractivity (Wildman–Crippen MR) is 167 cm³/mol. The van der Waals surface area contributed by atoms with Crippen molar-refractivity contribution in [1.82, 2.24) is 16.0 Å². The van der Waals surface area contributed by atoms with Crippen molar-refractivity contribution in [1.29, 1.82) is 0 Å². The number of hydrogen-bond donors (Lipinski definition) is 6. The van der Waals surface area contributed by atoms with Crippen molar-refractivity contribution in [2.75, 3.05) is 25.0 Å². The molecule has 2 aromatic rings. The van der Waals surface area contributed by atoms with Gasteiger partial charge in [0, 0.05) is 24.4 Å². The van der Waals surface area contributed by atoms with Crippen molar-refractivity contribution in [2.24, 2.45) is 11.5 Å². The Hall–Kier alpha value is -5.25. The average molecular weight is 634 g/mol. The maximum Gasteiger partial charge on any atom is 0.514 e. The zero-order valence-corrected chi connectivity index (χ0v) is 25.9. The fourth-order valence-electron chi connectivity index (χ4n) is 3.10. The van der Waals surface area contributed by atoms with E-state index >= 15 is 0 Å². The first-order valence-corrected chi connectivity index (χ1v) is 14.3. The molecule has 0 unspecified atom stereocenters. The van der Waals surface area contributed by atoms with Crippen LogP contribution in [0.5, 0.6) is 5.75 Å². The molecule has 45 heavy (non-hydrogen) atoms. The minimum atomic E-state index is -1.02. The smallest absolute Gasteiger partial charge is 0.429 e. The fraction of sp³-hybridized carbons (Fsp3) is 0.414. The molecule has 0 spiro atoms. The zero-order chi connectivity index (χ0) is 34.2. The maximum atomic E-state index is 12.8. The number of nitro benzene ring substituents is 1. The highest BCUT2D eigenvalue weighted by atomic mass is 16.7. The summed E-state index contributed by atoms with van der Waals surface area (Å²) >= 11 is 0. The number of nitrogens with one attached hydrogen (secondary N) is 4. The topological polar surface area (TPSA) is 247 Å². The van der Waals surface area contributed by atoms with Crippen molar-refractivity contribution in [3.63, 3.8) is 0 Å². The van der Waals surface area contributed by atoms with Crippen molar-refractivity contribution in [3.05, 3.63) is 64.2 Å². The molecule has 16 heteroatoms. The first-order valence-electron chi connectivity index (χ1n) is 14.3. The van der Waals surface area contributed by atoms with Gasteiger partial charge in [0.25, 0.3) is 5.69 Å². The van der Waals surface area contributed by atoms with Gasteiger partial charge in [-0.15, -0.1) is 0 Å². The number of rotatable bonds is 14. The van der Waals surface area contributed by atoms with Gasteiger partial charge in [-0.25, -0.2) is 9.59 Å². The van der Waals surface area contributed by atoms with Gasteiger partial charge in [-0.2, -0.15) is 0 Å². The van der Waals surface area contributed by atoms with E-state index < -0.39 is 40.9 Å². The maximum absolute atomic E-state index is 12.8. The molecule has 0 saturated heterocycles. The minimum absolute atomic E-state index is 0.0717. The summed E-state index contributed by atoms with van der Waals surface area (Å²) in [5, 5.41) is 20.6. The molecule has 0 saturated carbocycles. The Bertz CT molecular complexity index is 1220. The second-order valence-corrected chi connectivity index (χ2v) is 8.82. The molecular weight excluding hydrogens is 590 g/mol. The van der Waals surface area contributed by atoms with Crippen LogP contribution in [0.3, 0.4) is 0 Å². The highest BCUT2D eigenvalue weighted by Crippen LogP contribution is 2.18. The van der Waals surface area contributed by atoms with Gasteiger partial charge >= 0.3 is 12.2 Å². The van der Waals surface area contributed by atoms with Gasteiger partial charge in [0.05, 0.1) is 18.0 Å². The Morgan fingerprint density at radius 3 is 2.07 bits per heavy atom. The highest BCUT2D eigenvalue weighted by molar-refractivity contribution is 5.97. The van der Waals surface area contributed by atoms with E-state index in [0.717, 1.165) is 0 Å². The van der Waals surface area contributed by atoms with E-state index in [9.17, 15) is 34.1 Å². The molecule has 0 bridgehead atoms. The van der Waals surface area contributed by atoms with Crippen LogP contribution in [-0.2, 0) is 25.7 Å². The van der Waals surface area contributed by atoms with Crippen LogP contribution in [0, 0.1) is 10.1 Å². The van der Waals surface area contributed by atoms with Gasteiger partial charge in [-0.1, -0.05) is 46.2 Å². The lowest BCUT2D eigenvalue weighted by Crippen LogP contribution is -2.48.